The Balaban J connectivity index is 1.77. The van der Waals surface area contributed by atoms with Crippen molar-refractivity contribution in [1.29, 1.82) is 0 Å². The van der Waals surface area contributed by atoms with E-state index < -0.39 is 17.5 Å². The number of fused-ring (bicyclic) bond motifs is 1. The molecule has 0 aliphatic carbocycles. The van der Waals surface area contributed by atoms with E-state index in [1.54, 1.807) is 18.3 Å². The SMILES string of the molecule is Oc1c(Cc2ccco2)nc2c(-c3cc(F)c(F)c(F)c3)nc(-c3ccccc3)cn12. The standard InChI is InChI=1S/C23H14F3N3O2/c24-16-9-14(10-17(25)20(16)26)21-22-28-18(11-15-7-4-8-31-15)23(30)29(22)12-19(27-21)13-5-2-1-3-6-13/h1-10,12,30H,11H2. The normalized spacial score (nSPS) is 11.3. The van der Waals surface area contributed by atoms with Gasteiger partial charge in [-0.3, -0.25) is 4.40 Å². The van der Waals surface area contributed by atoms with E-state index in [-0.39, 0.29) is 29.2 Å². The fourth-order valence-electron chi connectivity index (χ4n) is 3.41. The molecule has 3 heterocycles. The molecule has 31 heavy (non-hydrogen) atoms. The van der Waals surface area contributed by atoms with Crippen LogP contribution in [0.15, 0.2) is 71.5 Å². The molecule has 0 spiro atoms. The summed E-state index contributed by atoms with van der Waals surface area (Å²) in [6.07, 6.45) is 3.29. The molecule has 5 rings (SSSR count). The molecule has 3 aromatic heterocycles. The predicted octanol–water partition coefficient (Wildman–Crippen LogP) is 5.37. The van der Waals surface area contributed by atoms with E-state index in [9.17, 15) is 18.3 Å². The summed E-state index contributed by atoms with van der Waals surface area (Å²) in [5, 5.41) is 10.8. The molecule has 0 atom stereocenters. The number of aromatic hydroxyl groups is 1. The summed E-state index contributed by atoms with van der Waals surface area (Å²) in [6.45, 7) is 0. The maximum Gasteiger partial charge on any atom is 0.219 e. The highest BCUT2D eigenvalue weighted by molar-refractivity contribution is 5.78. The monoisotopic (exact) mass is 421 g/mol. The molecule has 0 amide bonds. The summed E-state index contributed by atoms with van der Waals surface area (Å²) in [4.78, 5) is 8.96. The highest BCUT2D eigenvalue weighted by Gasteiger charge is 2.21. The smallest absolute Gasteiger partial charge is 0.219 e. The van der Waals surface area contributed by atoms with E-state index in [0.29, 0.717) is 17.1 Å². The van der Waals surface area contributed by atoms with Gasteiger partial charge in [0.25, 0.3) is 0 Å². The Kier molecular flexibility index (Phi) is 4.47. The topological polar surface area (TPSA) is 63.6 Å². The summed E-state index contributed by atoms with van der Waals surface area (Å²) >= 11 is 0. The first-order valence-corrected chi connectivity index (χ1v) is 9.35. The third-order valence-corrected chi connectivity index (χ3v) is 4.90. The molecular weight excluding hydrogens is 407 g/mol. The molecule has 0 aliphatic rings. The maximum atomic E-state index is 14.0. The van der Waals surface area contributed by atoms with E-state index >= 15 is 0 Å². The van der Waals surface area contributed by atoms with Crippen LogP contribution in [-0.4, -0.2) is 19.5 Å². The minimum absolute atomic E-state index is 0.00581. The second kappa shape index (κ2) is 7.32. The van der Waals surface area contributed by atoms with Gasteiger partial charge in [0.1, 0.15) is 17.1 Å². The average Bonchev–Trinajstić information content (AvgIpc) is 3.40. The molecule has 0 bridgehead atoms. The maximum absolute atomic E-state index is 14.0. The Morgan fingerprint density at radius 3 is 2.32 bits per heavy atom. The van der Waals surface area contributed by atoms with Crippen molar-refractivity contribution in [2.24, 2.45) is 0 Å². The molecule has 0 radical (unpaired) electrons. The average molecular weight is 421 g/mol. The summed E-state index contributed by atoms with van der Waals surface area (Å²) in [5.74, 6) is -3.83. The van der Waals surface area contributed by atoms with Crippen LogP contribution in [-0.2, 0) is 6.42 Å². The Hall–Kier alpha value is -4.07. The molecule has 5 nitrogen and oxygen atoms in total. The van der Waals surface area contributed by atoms with Gasteiger partial charge in [0.2, 0.25) is 5.88 Å². The number of hydrogen-bond donors (Lipinski definition) is 1. The lowest BCUT2D eigenvalue weighted by molar-refractivity contribution is 0.438. The van der Waals surface area contributed by atoms with Gasteiger partial charge in [-0.05, 0) is 24.3 Å². The second-order valence-corrected chi connectivity index (χ2v) is 6.93. The molecule has 1 N–H and O–H groups in total. The zero-order valence-corrected chi connectivity index (χ0v) is 15.9. The lowest BCUT2D eigenvalue weighted by Gasteiger charge is -2.09. The van der Waals surface area contributed by atoms with Crippen LogP contribution in [0.1, 0.15) is 11.5 Å². The number of imidazole rings is 1. The van der Waals surface area contributed by atoms with Crippen molar-refractivity contribution in [3.05, 3.63) is 96.0 Å². The predicted molar refractivity (Wildman–Crippen MR) is 107 cm³/mol. The molecule has 5 aromatic rings. The molecule has 0 fully saturated rings. The summed E-state index contributed by atoms with van der Waals surface area (Å²) in [6, 6.07) is 14.2. The molecular formula is C23H14F3N3O2. The fraction of sp³-hybridized carbons (Fsp3) is 0.0435. The number of benzene rings is 2. The quantitative estimate of drug-likeness (QED) is 0.396. The van der Waals surface area contributed by atoms with Gasteiger partial charge in [0, 0.05) is 17.3 Å². The van der Waals surface area contributed by atoms with Gasteiger partial charge in [-0.15, -0.1) is 0 Å². The van der Waals surface area contributed by atoms with Crippen molar-refractivity contribution >= 4 is 5.65 Å². The van der Waals surface area contributed by atoms with Crippen molar-refractivity contribution < 1.29 is 22.7 Å². The molecule has 154 valence electrons. The largest absolute Gasteiger partial charge is 0.493 e. The van der Waals surface area contributed by atoms with Crippen LogP contribution in [0.4, 0.5) is 13.2 Å². The van der Waals surface area contributed by atoms with Crippen LogP contribution in [0.5, 0.6) is 5.88 Å². The van der Waals surface area contributed by atoms with E-state index in [1.165, 1.54) is 10.7 Å². The summed E-state index contributed by atoms with van der Waals surface area (Å²) < 4.78 is 48.1. The van der Waals surface area contributed by atoms with Crippen LogP contribution < -0.4 is 0 Å². The van der Waals surface area contributed by atoms with E-state index in [1.807, 2.05) is 30.3 Å². The number of furan rings is 1. The fourth-order valence-corrected chi connectivity index (χ4v) is 3.41. The minimum atomic E-state index is -1.57. The lowest BCUT2D eigenvalue weighted by atomic mass is 10.1. The van der Waals surface area contributed by atoms with Crippen molar-refractivity contribution in [2.45, 2.75) is 6.42 Å². The third-order valence-electron chi connectivity index (χ3n) is 4.90. The Labute approximate surface area is 174 Å². The number of aromatic nitrogens is 3. The van der Waals surface area contributed by atoms with Gasteiger partial charge in [-0.1, -0.05) is 30.3 Å². The van der Waals surface area contributed by atoms with Crippen LogP contribution in [0.3, 0.4) is 0 Å². The molecule has 0 saturated carbocycles. The lowest BCUT2D eigenvalue weighted by Crippen LogP contribution is -1.98. The Morgan fingerprint density at radius 2 is 1.65 bits per heavy atom. The molecule has 0 aliphatic heterocycles. The van der Waals surface area contributed by atoms with Gasteiger partial charge in [-0.25, -0.2) is 23.1 Å². The van der Waals surface area contributed by atoms with Crippen molar-refractivity contribution in [3.8, 4) is 28.4 Å². The van der Waals surface area contributed by atoms with E-state index in [2.05, 4.69) is 9.97 Å². The first-order valence-electron chi connectivity index (χ1n) is 9.35. The van der Waals surface area contributed by atoms with Crippen LogP contribution >= 0.6 is 0 Å². The highest BCUT2D eigenvalue weighted by atomic mass is 19.2. The van der Waals surface area contributed by atoms with E-state index in [4.69, 9.17) is 4.42 Å². The van der Waals surface area contributed by atoms with E-state index in [0.717, 1.165) is 17.7 Å². The van der Waals surface area contributed by atoms with Gasteiger partial charge in [-0.2, -0.15) is 0 Å². The first kappa shape index (κ1) is 18.9. The number of nitrogens with zero attached hydrogens (tertiary/aromatic N) is 3. The number of halogens is 3. The van der Waals surface area contributed by atoms with Gasteiger partial charge >= 0.3 is 0 Å². The van der Waals surface area contributed by atoms with Crippen molar-refractivity contribution in [1.82, 2.24) is 14.4 Å². The molecule has 8 heteroatoms. The van der Waals surface area contributed by atoms with Crippen molar-refractivity contribution in [3.63, 3.8) is 0 Å². The van der Waals surface area contributed by atoms with Crippen LogP contribution in [0.2, 0.25) is 0 Å². The zero-order valence-electron chi connectivity index (χ0n) is 15.9. The number of rotatable bonds is 4. The Bertz CT molecular complexity index is 1370. The van der Waals surface area contributed by atoms with Crippen molar-refractivity contribution in [2.75, 3.05) is 0 Å². The second-order valence-electron chi connectivity index (χ2n) is 6.93. The third kappa shape index (κ3) is 3.31. The minimum Gasteiger partial charge on any atom is -0.493 e. The van der Waals surface area contributed by atoms with Crippen LogP contribution in [0.25, 0.3) is 28.2 Å². The summed E-state index contributed by atoms with van der Waals surface area (Å²) in [5.41, 5.74) is 1.71. The molecule has 0 saturated heterocycles. The summed E-state index contributed by atoms with van der Waals surface area (Å²) in [7, 11) is 0. The first-order chi connectivity index (χ1) is 15.0. The number of hydrogen-bond acceptors (Lipinski definition) is 4. The molecule has 0 unspecified atom stereocenters. The zero-order chi connectivity index (χ0) is 21.5. The van der Waals surface area contributed by atoms with Gasteiger partial charge < -0.3 is 9.52 Å². The highest BCUT2D eigenvalue weighted by Crippen LogP contribution is 2.32. The van der Waals surface area contributed by atoms with Crippen LogP contribution in [0, 0.1) is 17.5 Å². The van der Waals surface area contributed by atoms with Gasteiger partial charge in [0.05, 0.1) is 18.4 Å². The van der Waals surface area contributed by atoms with Gasteiger partial charge in [0.15, 0.2) is 23.1 Å². The molecule has 2 aromatic carbocycles. The Morgan fingerprint density at radius 1 is 0.903 bits per heavy atom.